The van der Waals surface area contributed by atoms with Gasteiger partial charge in [-0.05, 0) is 39.3 Å². The monoisotopic (exact) mass is 288 g/mol. The molecule has 0 radical (unpaired) electrons. The van der Waals surface area contributed by atoms with E-state index in [0.717, 1.165) is 17.1 Å². The lowest BCUT2D eigenvalue weighted by atomic mass is 10.2. The second-order valence-electron chi connectivity index (χ2n) is 4.19. The van der Waals surface area contributed by atoms with Gasteiger partial charge in [0, 0.05) is 15.9 Å². The number of aryl methyl sites for hydroxylation is 1. The molecule has 0 saturated carbocycles. The Balaban J connectivity index is 1.88. The number of nitrogens with zero attached hydrogens (tertiary/aromatic N) is 2. The minimum atomic E-state index is 0.723. The average molecular weight is 289 g/mol. The first-order valence-electron chi connectivity index (χ1n) is 5.51. The standard InChI is InChI=1S/C11H17BrN2S/c1-9-8-15-11(13-9)7-14-5-2-3-10(12)4-6-14/h8,10H,2-7H2,1H3. The molecule has 1 aliphatic rings. The van der Waals surface area contributed by atoms with Gasteiger partial charge >= 0.3 is 0 Å². The molecule has 0 bridgehead atoms. The Morgan fingerprint density at radius 2 is 2.40 bits per heavy atom. The van der Waals surface area contributed by atoms with Crippen molar-refractivity contribution in [3.8, 4) is 0 Å². The number of hydrogen-bond donors (Lipinski definition) is 0. The number of hydrogen-bond acceptors (Lipinski definition) is 3. The molecule has 0 aliphatic carbocycles. The van der Waals surface area contributed by atoms with Crippen molar-refractivity contribution in [3.63, 3.8) is 0 Å². The third kappa shape index (κ3) is 3.54. The van der Waals surface area contributed by atoms with E-state index in [4.69, 9.17) is 0 Å². The molecule has 0 N–H and O–H groups in total. The van der Waals surface area contributed by atoms with Crippen LogP contribution < -0.4 is 0 Å². The Kier molecular flexibility index (Phi) is 4.17. The molecule has 84 valence electrons. The molecule has 1 unspecified atom stereocenters. The minimum absolute atomic E-state index is 0.723. The largest absolute Gasteiger partial charge is 0.297 e. The van der Waals surface area contributed by atoms with E-state index in [2.05, 4.69) is 38.1 Å². The van der Waals surface area contributed by atoms with Gasteiger partial charge in [-0.15, -0.1) is 11.3 Å². The van der Waals surface area contributed by atoms with Crippen molar-refractivity contribution in [1.29, 1.82) is 0 Å². The van der Waals surface area contributed by atoms with E-state index in [9.17, 15) is 0 Å². The van der Waals surface area contributed by atoms with E-state index < -0.39 is 0 Å². The normalized spacial score (nSPS) is 24.0. The minimum Gasteiger partial charge on any atom is -0.297 e. The van der Waals surface area contributed by atoms with Crippen molar-refractivity contribution >= 4 is 27.3 Å². The SMILES string of the molecule is Cc1csc(CN2CCCC(Br)CC2)n1. The van der Waals surface area contributed by atoms with Crippen LogP contribution in [0.5, 0.6) is 0 Å². The smallest absolute Gasteiger partial charge is 0.107 e. The number of likely N-dealkylation sites (tertiary alicyclic amines) is 1. The second kappa shape index (κ2) is 5.41. The fourth-order valence-corrected chi connectivity index (χ4v) is 3.28. The van der Waals surface area contributed by atoms with Gasteiger partial charge in [-0.1, -0.05) is 15.9 Å². The molecule has 15 heavy (non-hydrogen) atoms. The topological polar surface area (TPSA) is 16.1 Å². The Morgan fingerprint density at radius 3 is 3.13 bits per heavy atom. The first kappa shape index (κ1) is 11.6. The average Bonchev–Trinajstić information content (AvgIpc) is 2.48. The van der Waals surface area contributed by atoms with Crippen LogP contribution in [0, 0.1) is 6.92 Å². The molecule has 0 aromatic carbocycles. The third-order valence-corrected chi connectivity index (χ3v) is 4.64. The zero-order valence-electron chi connectivity index (χ0n) is 9.08. The molecule has 1 aromatic heterocycles. The molecule has 2 rings (SSSR count). The van der Waals surface area contributed by atoms with Crippen LogP contribution in [-0.4, -0.2) is 27.8 Å². The second-order valence-corrected chi connectivity index (χ2v) is 6.42. The Morgan fingerprint density at radius 1 is 1.53 bits per heavy atom. The zero-order valence-corrected chi connectivity index (χ0v) is 11.5. The van der Waals surface area contributed by atoms with Crippen molar-refractivity contribution < 1.29 is 0 Å². The van der Waals surface area contributed by atoms with Gasteiger partial charge in [-0.3, -0.25) is 4.90 Å². The summed E-state index contributed by atoms with van der Waals surface area (Å²) in [6.07, 6.45) is 3.89. The molecule has 0 spiro atoms. The van der Waals surface area contributed by atoms with Crippen LogP contribution in [0.4, 0.5) is 0 Å². The van der Waals surface area contributed by atoms with E-state index in [1.54, 1.807) is 11.3 Å². The van der Waals surface area contributed by atoms with Gasteiger partial charge in [-0.2, -0.15) is 0 Å². The van der Waals surface area contributed by atoms with Crippen LogP contribution >= 0.6 is 27.3 Å². The number of alkyl halides is 1. The van der Waals surface area contributed by atoms with Crippen molar-refractivity contribution in [2.75, 3.05) is 13.1 Å². The summed E-state index contributed by atoms with van der Waals surface area (Å²) >= 11 is 5.50. The zero-order chi connectivity index (χ0) is 10.7. The Labute approximate surface area is 104 Å². The van der Waals surface area contributed by atoms with E-state index in [1.807, 2.05) is 0 Å². The molecule has 1 saturated heterocycles. The summed E-state index contributed by atoms with van der Waals surface area (Å²) in [4.78, 5) is 7.77. The maximum absolute atomic E-state index is 4.52. The summed E-state index contributed by atoms with van der Waals surface area (Å²) in [6.45, 7) is 5.53. The molecule has 1 aromatic rings. The highest BCUT2D eigenvalue weighted by molar-refractivity contribution is 9.09. The molecule has 1 atom stereocenters. The molecule has 1 fully saturated rings. The molecule has 4 heteroatoms. The quantitative estimate of drug-likeness (QED) is 0.777. The number of halogens is 1. The van der Waals surface area contributed by atoms with E-state index in [0.29, 0.717) is 0 Å². The first-order valence-corrected chi connectivity index (χ1v) is 7.31. The van der Waals surface area contributed by atoms with E-state index in [-0.39, 0.29) is 0 Å². The third-order valence-electron chi connectivity index (χ3n) is 2.78. The lowest BCUT2D eigenvalue weighted by Gasteiger charge is -2.17. The van der Waals surface area contributed by atoms with Crippen molar-refractivity contribution in [2.45, 2.75) is 37.6 Å². The van der Waals surface area contributed by atoms with Gasteiger partial charge in [0.2, 0.25) is 0 Å². The molecule has 1 aliphatic heterocycles. The maximum atomic E-state index is 4.52. The number of rotatable bonds is 2. The van der Waals surface area contributed by atoms with E-state index >= 15 is 0 Å². The first-order chi connectivity index (χ1) is 7.24. The van der Waals surface area contributed by atoms with Gasteiger partial charge in [0.15, 0.2) is 0 Å². The van der Waals surface area contributed by atoms with Gasteiger partial charge < -0.3 is 0 Å². The fraction of sp³-hybridized carbons (Fsp3) is 0.727. The predicted molar refractivity (Wildman–Crippen MR) is 68.7 cm³/mol. The Hall–Kier alpha value is 0.0700. The molecular formula is C11H17BrN2S. The highest BCUT2D eigenvalue weighted by Crippen LogP contribution is 2.20. The highest BCUT2D eigenvalue weighted by Gasteiger charge is 2.15. The van der Waals surface area contributed by atoms with Crippen LogP contribution in [0.1, 0.15) is 30.0 Å². The van der Waals surface area contributed by atoms with Gasteiger partial charge in [0.05, 0.1) is 6.54 Å². The molecule has 0 amide bonds. The van der Waals surface area contributed by atoms with E-state index in [1.165, 1.54) is 37.4 Å². The maximum Gasteiger partial charge on any atom is 0.107 e. The van der Waals surface area contributed by atoms with Gasteiger partial charge in [0.1, 0.15) is 5.01 Å². The lowest BCUT2D eigenvalue weighted by molar-refractivity contribution is 0.277. The summed E-state index contributed by atoms with van der Waals surface area (Å²) in [5.74, 6) is 0. The summed E-state index contributed by atoms with van der Waals surface area (Å²) in [5, 5.41) is 3.40. The van der Waals surface area contributed by atoms with Crippen molar-refractivity contribution in [1.82, 2.24) is 9.88 Å². The molecule has 2 heterocycles. The van der Waals surface area contributed by atoms with Crippen LogP contribution in [0.2, 0.25) is 0 Å². The van der Waals surface area contributed by atoms with Gasteiger partial charge in [-0.25, -0.2) is 4.98 Å². The lowest BCUT2D eigenvalue weighted by Crippen LogP contribution is -2.24. The Bertz CT molecular complexity index is 313. The summed E-state index contributed by atoms with van der Waals surface area (Å²) < 4.78 is 0. The van der Waals surface area contributed by atoms with Crippen LogP contribution in [-0.2, 0) is 6.54 Å². The predicted octanol–water partition coefficient (Wildman–Crippen LogP) is 3.20. The highest BCUT2D eigenvalue weighted by atomic mass is 79.9. The fourth-order valence-electron chi connectivity index (χ4n) is 1.94. The van der Waals surface area contributed by atoms with Crippen molar-refractivity contribution in [3.05, 3.63) is 16.1 Å². The number of thiazole rings is 1. The summed E-state index contributed by atoms with van der Waals surface area (Å²) in [6, 6.07) is 0. The summed E-state index contributed by atoms with van der Waals surface area (Å²) in [7, 11) is 0. The molecular weight excluding hydrogens is 272 g/mol. The van der Waals surface area contributed by atoms with Crippen LogP contribution in [0.15, 0.2) is 5.38 Å². The summed E-state index contributed by atoms with van der Waals surface area (Å²) in [5.41, 5.74) is 1.16. The molecule has 2 nitrogen and oxygen atoms in total. The van der Waals surface area contributed by atoms with Crippen LogP contribution in [0.25, 0.3) is 0 Å². The van der Waals surface area contributed by atoms with Gasteiger partial charge in [0.25, 0.3) is 0 Å². The van der Waals surface area contributed by atoms with Crippen molar-refractivity contribution in [2.24, 2.45) is 0 Å². The number of aromatic nitrogens is 1. The van der Waals surface area contributed by atoms with Crippen LogP contribution in [0.3, 0.4) is 0 Å².